The fraction of sp³-hybridized carbons (Fsp3) is 0.143. The predicted molar refractivity (Wildman–Crippen MR) is 87.1 cm³/mol. The van der Waals surface area contributed by atoms with Crippen LogP contribution in [0.5, 0.6) is 5.75 Å². The van der Waals surface area contributed by atoms with Crippen LogP contribution in [-0.4, -0.2) is 15.5 Å². The Morgan fingerprint density at radius 1 is 1.24 bits per heavy atom. The van der Waals surface area contributed by atoms with Gasteiger partial charge in [0.1, 0.15) is 10.6 Å². The zero-order valence-corrected chi connectivity index (χ0v) is 14.0. The van der Waals surface area contributed by atoms with Crippen LogP contribution in [0.1, 0.15) is 5.56 Å². The maximum absolute atomic E-state index is 12.5. The third kappa shape index (κ3) is 3.30. The van der Waals surface area contributed by atoms with E-state index in [9.17, 15) is 8.42 Å². The summed E-state index contributed by atoms with van der Waals surface area (Å²) < 4.78 is 33.5. The Hall–Kier alpha value is -1.73. The van der Waals surface area contributed by atoms with Crippen LogP contribution in [0.4, 0.5) is 11.4 Å². The van der Waals surface area contributed by atoms with E-state index in [1.807, 2.05) is 13.0 Å². The van der Waals surface area contributed by atoms with Crippen molar-refractivity contribution in [1.82, 2.24) is 0 Å². The minimum absolute atomic E-state index is 0.0403. The quantitative estimate of drug-likeness (QED) is 0.809. The average molecular weight is 371 g/mol. The number of nitrogens with one attached hydrogen (secondary N) is 1. The topological polar surface area (TPSA) is 81.4 Å². The molecule has 0 atom stereocenters. The molecule has 5 nitrogen and oxygen atoms in total. The Morgan fingerprint density at radius 3 is 2.62 bits per heavy atom. The molecule has 0 heterocycles. The molecule has 21 heavy (non-hydrogen) atoms. The molecule has 2 aromatic carbocycles. The predicted octanol–water partition coefficient (Wildman–Crippen LogP) is 3.15. The summed E-state index contributed by atoms with van der Waals surface area (Å²) in [6.45, 7) is 1.82. The van der Waals surface area contributed by atoms with Crippen molar-refractivity contribution in [3.05, 3.63) is 46.4 Å². The summed E-state index contributed by atoms with van der Waals surface area (Å²) in [6.07, 6.45) is 0. The first-order valence-electron chi connectivity index (χ1n) is 6.06. The first kappa shape index (κ1) is 15.7. The lowest BCUT2D eigenvalue weighted by Crippen LogP contribution is -2.15. The largest absolute Gasteiger partial charge is 0.495 e. The summed E-state index contributed by atoms with van der Waals surface area (Å²) in [7, 11) is -2.36. The minimum atomic E-state index is -3.76. The van der Waals surface area contributed by atoms with E-state index in [4.69, 9.17) is 10.5 Å². The summed E-state index contributed by atoms with van der Waals surface area (Å²) in [5.74, 6) is 0.204. The van der Waals surface area contributed by atoms with Gasteiger partial charge in [0, 0.05) is 16.2 Å². The van der Waals surface area contributed by atoms with Gasteiger partial charge in [-0.1, -0.05) is 22.0 Å². The molecule has 0 saturated carbocycles. The van der Waals surface area contributed by atoms with Crippen molar-refractivity contribution in [2.75, 3.05) is 17.6 Å². The van der Waals surface area contributed by atoms with Gasteiger partial charge in [0.2, 0.25) is 0 Å². The number of nitrogens with two attached hydrogens (primary N) is 1. The molecule has 7 heteroatoms. The number of ether oxygens (including phenoxy) is 1. The molecule has 3 N–H and O–H groups in total. The molecular formula is C14H15BrN2O3S. The summed E-state index contributed by atoms with van der Waals surface area (Å²) in [4.78, 5) is 0.0403. The maximum Gasteiger partial charge on any atom is 0.265 e. The Bertz CT molecular complexity index is 776. The van der Waals surface area contributed by atoms with Gasteiger partial charge in [-0.25, -0.2) is 8.42 Å². The maximum atomic E-state index is 12.5. The molecule has 0 spiro atoms. The Kier molecular flexibility index (Phi) is 4.43. The van der Waals surface area contributed by atoms with Gasteiger partial charge in [-0.2, -0.15) is 0 Å². The van der Waals surface area contributed by atoms with Crippen LogP contribution in [0.2, 0.25) is 0 Å². The number of hydrogen-bond donors (Lipinski definition) is 2. The highest BCUT2D eigenvalue weighted by atomic mass is 79.9. The fourth-order valence-corrected chi connectivity index (χ4v) is 3.47. The van der Waals surface area contributed by atoms with E-state index in [1.54, 1.807) is 12.1 Å². The van der Waals surface area contributed by atoms with Crippen molar-refractivity contribution in [3.8, 4) is 5.75 Å². The van der Waals surface area contributed by atoms with Crippen molar-refractivity contribution in [1.29, 1.82) is 0 Å². The van der Waals surface area contributed by atoms with Gasteiger partial charge in [-0.3, -0.25) is 4.72 Å². The van der Waals surface area contributed by atoms with Crippen LogP contribution in [0.15, 0.2) is 45.8 Å². The number of halogens is 1. The highest BCUT2D eigenvalue weighted by molar-refractivity contribution is 9.10. The van der Waals surface area contributed by atoms with Crippen molar-refractivity contribution >= 4 is 37.3 Å². The molecule has 2 rings (SSSR count). The minimum Gasteiger partial charge on any atom is -0.495 e. The molecule has 0 fully saturated rings. The Labute approximate surface area is 132 Å². The van der Waals surface area contributed by atoms with Crippen LogP contribution >= 0.6 is 15.9 Å². The highest BCUT2D eigenvalue weighted by Crippen LogP contribution is 2.30. The van der Waals surface area contributed by atoms with Crippen LogP contribution in [0, 0.1) is 6.92 Å². The van der Waals surface area contributed by atoms with E-state index in [-0.39, 0.29) is 10.6 Å². The monoisotopic (exact) mass is 370 g/mol. The second kappa shape index (κ2) is 5.95. The number of rotatable bonds is 4. The first-order chi connectivity index (χ1) is 9.85. The van der Waals surface area contributed by atoms with Crippen molar-refractivity contribution in [3.63, 3.8) is 0 Å². The van der Waals surface area contributed by atoms with Gasteiger partial charge in [-0.15, -0.1) is 0 Å². The van der Waals surface area contributed by atoms with Crippen LogP contribution in [-0.2, 0) is 10.0 Å². The summed E-state index contributed by atoms with van der Waals surface area (Å²) in [5.41, 5.74) is 7.38. The summed E-state index contributed by atoms with van der Waals surface area (Å²) >= 11 is 3.37. The third-order valence-corrected chi connectivity index (χ3v) is 5.25. The number of anilines is 2. The van der Waals surface area contributed by atoms with E-state index in [1.165, 1.54) is 25.3 Å². The highest BCUT2D eigenvalue weighted by Gasteiger charge is 2.20. The lowest BCUT2D eigenvalue weighted by atomic mass is 10.2. The molecule has 0 saturated heterocycles. The van der Waals surface area contributed by atoms with E-state index in [2.05, 4.69) is 20.7 Å². The van der Waals surface area contributed by atoms with Crippen molar-refractivity contribution in [2.24, 2.45) is 0 Å². The molecule has 0 aliphatic rings. The van der Waals surface area contributed by atoms with E-state index < -0.39 is 10.0 Å². The van der Waals surface area contributed by atoms with Gasteiger partial charge in [-0.05, 0) is 36.8 Å². The zero-order valence-electron chi connectivity index (χ0n) is 11.6. The molecule has 0 unspecified atom stereocenters. The van der Waals surface area contributed by atoms with E-state index in [0.717, 1.165) is 10.0 Å². The second-order valence-corrected chi connectivity index (χ2v) is 6.93. The van der Waals surface area contributed by atoms with Gasteiger partial charge in [0.15, 0.2) is 0 Å². The average Bonchev–Trinajstić information content (AvgIpc) is 2.43. The third-order valence-electron chi connectivity index (χ3n) is 2.99. The molecule has 0 aliphatic carbocycles. The zero-order chi connectivity index (χ0) is 15.6. The summed E-state index contributed by atoms with van der Waals surface area (Å²) in [5, 5.41) is 0. The number of nitrogen functional groups attached to an aromatic ring is 1. The van der Waals surface area contributed by atoms with Gasteiger partial charge >= 0.3 is 0 Å². The SMILES string of the molecule is COc1cc(N)ccc1S(=O)(=O)Nc1cccc(Br)c1C. The lowest BCUT2D eigenvalue weighted by Gasteiger charge is -2.14. The number of benzene rings is 2. The lowest BCUT2D eigenvalue weighted by molar-refractivity contribution is 0.403. The normalized spacial score (nSPS) is 11.2. The summed E-state index contributed by atoms with van der Waals surface area (Å²) in [6, 6.07) is 9.71. The molecule has 112 valence electrons. The van der Waals surface area contributed by atoms with Gasteiger partial charge < -0.3 is 10.5 Å². The van der Waals surface area contributed by atoms with Gasteiger partial charge in [0.25, 0.3) is 10.0 Å². The second-order valence-electron chi connectivity index (χ2n) is 4.43. The van der Waals surface area contributed by atoms with Crippen molar-refractivity contribution < 1.29 is 13.2 Å². The molecule has 0 amide bonds. The number of methoxy groups -OCH3 is 1. The van der Waals surface area contributed by atoms with Crippen LogP contribution < -0.4 is 15.2 Å². The fourth-order valence-electron chi connectivity index (χ4n) is 1.82. The number of hydrogen-bond acceptors (Lipinski definition) is 4. The molecule has 0 bridgehead atoms. The van der Waals surface area contributed by atoms with E-state index >= 15 is 0 Å². The van der Waals surface area contributed by atoms with Crippen LogP contribution in [0.3, 0.4) is 0 Å². The smallest absolute Gasteiger partial charge is 0.265 e. The Balaban J connectivity index is 2.46. The molecule has 0 aliphatic heterocycles. The Morgan fingerprint density at radius 2 is 1.95 bits per heavy atom. The first-order valence-corrected chi connectivity index (χ1v) is 8.34. The van der Waals surface area contributed by atoms with Crippen molar-refractivity contribution in [2.45, 2.75) is 11.8 Å². The molecular weight excluding hydrogens is 356 g/mol. The molecule has 2 aromatic rings. The van der Waals surface area contributed by atoms with E-state index in [0.29, 0.717) is 11.4 Å². The van der Waals surface area contributed by atoms with Gasteiger partial charge in [0.05, 0.1) is 12.8 Å². The van der Waals surface area contributed by atoms with Crippen LogP contribution in [0.25, 0.3) is 0 Å². The standard InChI is InChI=1S/C14H15BrN2O3S/c1-9-11(15)4-3-5-12(9)17-21(18,19)14-7-6-10(16)8-13(14)20-2/h3-8,17H,16H2,1-2H3. The molecule has 0 aromatic heterocycles. The number of sulfonamides is 1. The molecule has 0 radical (unpaired) electrons.